The maximum Gasteiger partial charge on any atom is 0.0217 e. The number of aryl methyl sites for hydroxylation is 1. The normalized spacial score (nSPS) is 14.7. The minimum atomic E-state index is 1.08. The summed E-state index contributed by atoms with van der Waals surface area (Å²) in [5, 5.41) is 2.05. The van der Waals surface area contributed by atoms with Gasteiger partial charge >= 0.3 is 0 Å². The molecule has 1 aromatic rings. The van der Waals surface area contributed by atoms with Crippen molar-refractivity contribution in [1.29, 1.82) is 0 Å². The predicted molar refractivity (Wildman–Crippen MR) is 62.7 cm³/mol. The number of hydrogen-bond donors (Lipinski definition) is 1. The lowest BCUT2D eigenvalue weighted by Crippen LogP contribution is -2.05. The van der Waals surface area contributed by atoms with E-state index >= 15 is 0 Å². The van der Waals surface area contributed by atoms with Crippen molar-refractivity contribution >= 4 is 11.9 Å². The van der Waals surface area contributed by atoms with E-state index in [1.54, 1.807) is 11.9 Å². The molecule has 0 bridgehead atoms. The minimum absolute atomic E-state index is 1.08. The molecule has 2 heteroatoms. The second-order valence-corrected chi connectivity index (χ2v) is 3.94. The zero-order chi connectivity index (χ0) is 9.64. The molecule has 0 spiro atoms. The first-order valence-electron chi connectivity index (χ1n) is 4.76. The van der Waals surface area contributed by atoms with Crippen LogP contribution in [0.3, 0.4) is 0 Å². The molecular weight excluding hydrogens is 190 g/mol. The Morgan fingerprint density at radius 2 is 1.93 bits per heavy atom. The van der Waals surface area contributed by atoms with E-state index in [0.29, 0.717) is 0 Å². The third-order valence-electron chi connectivity index (χ3n) is 2.16. The van der Waals surface area contributed by atoms with Gasteiger partial charge in [-0.15, -0.1) is 0 Å². The Morgan fingerprint density at radius 1 is 1.07 bits per heavy atom. The van der Waals surface area contributed by atoms with E-state index in [2.05, 4.69) is 47.2 Å². The summed E-state index contributed by atoms with van der Waals surface area (Å²) in [6.07, 6.45) is 6.41. The predicted octanol–water partition coefficient (Wildman–Crippen LogP) is 3.27. The highest BCUT2D eigenvalue weighted by Gasteiger charge is 1.99. The first-order valence-corrected chi connectivity index (χ1v) is 5.64. The average Bonchev–Trinajstić information content (AvgIpc) is 2.29. The third kappa shape index (κ3) is 2.67. The van der Waals surface area contributed by atoms with Crippen LogP contribution in [0.5, 0.6) is 0 Å². The molecule has 2 rings (SSSR count). The van der Waals surface area contributed by atoms with E-state index in [4.69, 9.17) is 0 Å². The van der Waals surface area contributed by atoms with Crippen molar-refractivity contribution in [3.8, 4) is 0 Å². The molecule has 0 unspecified atom stereocenters. The van der Waals surface area contributed by atoms with Gasteiger partial charge in [0.15, 0.2) is 0 Å². The Bertz CT molecular complexity index is 341. The van der Waals surface area contributed by atoms with Gasteiger partial charge in [-0.3, -0.25) is 0 Å². The third-order valence-corrected chi connectivity index (χ3v) is 2.83. The Labute approximate surface area is 89.0 Å². The van der Waals surface area contributed by atoms with E-state index in [1.807, 2.05) is 5.41 Å². The first-order chi connectivity index (χ1) is 6.95. The number of nitrogens with one attached hydrogen (secondary N) is 1. The van der Waals surface area contributed by atoms with E-state index < -0.39 is 0 Å². The molecule has 0 fully saturated rings. The fraction of sp³-hybridized carbons (Fsp3) is 0.167. The molecule has 0 saturated carbocycles. The average molecular weight is 203 g/mol. The summed E-state index contributed by atoms with van der Waals surface area (Å²) < 4.78 is 3.28. The van der Waals surface area contributed by atoms with Gasteiger partial charge in [0.2, 0.25) is 0 Å². The van der Waals surface area contributed by atoms with Crippen LogP contribution in [0, 0.1) is 0 Å². The number of benzene rings is 1. The van der Waals surface area contributed by atoms with Crippen LogP contribution >= 0.6 is 11.9 Å². The minimum Gasteiger partial charge on any atom is -0.330 e. The molecule has 1 heterocycles. The van der Waals surface area contributed by atoms with Crippen molar-refractivity contribution in [3.63, 3.8) is 0 Å². The summed E-state index contributed by atoms with van der Waals surface area (Å²) in [7, 11) is 0. The largest absolute Gasteiger partial charge is 0.330 e. The monoisotopic (exact) mass is 203 g/mol. The molecule has 72 valence electrons. The van der Waals surface area contributed by atoms with E-state index in [9.17, 15) is 0 Å². The zero-order valence-corrected chi connectivity index (χ0v) is 8.76. The maximum atomic E-state index is 3.28. The molecule has 0 radical (unpaired) electrons. The second-order valence-electron chi connectivity index (χ2n) is 3.23. The van der Waals surface area contributed by atoms with Gasteiger partial charge in [-0.25, -0.2) is 0 Å². The maximum absolute atomic E-state index is 3.28. The molecule has 0 aromatic heterocycles. The summed E-state index contributed by atoms with van der Waals surface area (Å²) in [6.45, 7) is 0. The van der Waals surface area contributed by atoms with Crippen molar-refractivity contribution in [1.82, 2.24) is 4.72 Å². The molecule has 1 aromatic carbocycles. The van der Waals surface area contributed by atoms with Crippen LogP contribution in [0.25, 0.3) is 0 Å². The van der Waals surface area contributed by atoms with Gasteiger partial charge in [0.05, 0.1) is 0 Å². The molecule has 0 atom stereocenters. The van der Waals surface area contributed by atoms with E-state index in [1.165, 1.54) is 11.3 Å². The standard InChI is InChI=1S/C12H13NS/c1-2-5-11(6-3-1)8-9-12-7-4-10-14-13-12/h1-7,10,13H,8-9H2. The molecule has 0 saturated heterocycles. The van der Waals surface area contributed by atoms with Crippen molar-refractivity contribution in [2.45, 2.75) is 12.8 Å². The van der Waals surface area contributed by atoms with E-state index in [0.717, 1.165) is 12.8 Å². The molecule has 14 heavy (non-hydrogen) atoms. The Hall–Kier alpha value is -1.15. The van der Waals surface area contributed by atoms with Gasteiger partial charge in [-0.1, -0.05) is 36.4 Å². The fourth-order valence-electron chi connectivity index (χ4n) is 1.40. The summed E-state index contributed by atoms with van der Waals surface area (Å²) in [6, 6.07) is 10.6. The van der Waals surface area contributed by atoms with Gasteiger partial charge in [0.1, 0.15) is 0 Å². The van der Waals surface area contributed by atoms with Gasteiger partial charge < -0.3 is 4.72 Å². The van der Waals surface area contributed by atoms with Crippen molar-refractivity contribution in [3.05, 3.63) is 59.2 Å². The van der Waals surface area contributed by atoms with Crippen LogP contribution in [-0.2, 0) is 6.42 Å². The Kier molecular flexibility index (Phi) is 3.30. The molecule has 0 aliphatic carbocycles. The lowest BCUT2D eigenvalue weighted by molar-refractivity contribution is 0.901. The van der Waals surface area contributed by atoms with Gasteiger partial charge in [-0.2, -0.15) is 0 Å². The smallest absolute Gasteiger partial charge is 0.0217 e. The molecule has 0 amide bonds. The van der Waals surface area contributed by atoms with Crippen molar-refractivity contribution < 1.29 is 0 Å². The summed E-state index contributed by atoms with van der Waals surface area (Å²) in [4.78, 5) is 0. The quantitative estimate of drug-likeness (QED) is 0.757. The Morgan fingerprint density at radius 3 is 2.64 bits per heavy atom. The summed E-state index contributed by atoms with van der Waals surface area (Å²) >= 11 is 1.64. The molecule has 1 aliphatic rings. The van der Waals surface area contributed by atoms with Crippen LogP contribution in [0.15, 0.2) is 53.6 Å². The second kappa shape index (κ2) is 4.91. The lowest BCUT2D eigenvalue weighted by Gasteiger charge is -2.10. The van der Waals surface area contributed by atoms with Crippen molar-refractivity contribution in [2.24, 2.45) is 0 Å². The van der Waals surface area contributed by atoms with Crippen LogP contribution in [0.2, 0.25) is 0 Å². The van der Waals surface area contributed by atoms with Gasteiger partial charge in [0.25, 0.3) is 0 Å². The van der Waals surface area contributed by atoms with Gasteiger partial charge in [0, 0.05) is 5.70 Å². The molecule has 1 nitrogen and oxygen atoms in total. The highest BCUT2D eigenvalue weighted by atomic mass is 32.2. The van der Waals surface area contributed by atoms with Crippen molar-refractivity contribution in [2.75, 3.05) is 0 Å². The van der Waals surface area contributed by atoms with Crippen LogP contribution in [-0.4, -0.2) is 0 Å². The topological polar surface area (TPSA) is 12.0 Å². The van der Waals surface area contributed by atoms with Crippen LogP contribution in [0.1, 0.15) is 12.0 Å². The summed E-state index contributed by atoms with van der Waals surface area (Å²) in [5.74, 6) is 0. The zero-order valence-electron chi connectivity index (χ0n) is 7.94. The number of rotatable bonds is 3. The summed E-state index contributed by atoms with van der Waals surface area (Å²) in [5.41, 5.74) is 2.70. The van der Waals surface area contributed by atoms with Gasteiger partial charge in [-0.05, 0) is 41.8 Å². The first kappa shape index (κ1) is 9.41. The Balaban J connectivity index is 1.88. The fourth-order valence-corrected chi connectivity index (χ4v) is 1.94. The molecular formula is C12H13NS. The van der Waals surface area contributed by atoms with E-state index in [-0.39, 0.29) is 0 Å². The highest BCUT2D eigenvalue weighted by Crippen LogP contribution is 2.14. The number of hydrogen-bond acceptors (Lipinski definition) is 2. The number of allylic oxidation sites excluding steroid dienone is 3. The molecule has 1 aliphatic heterocycles. The highest BCUT2D eigenvalue weighted by molar-refractivity contribution is 8.00. The van der Waals surface area contributed by atoms with Crippen LogP contribution in [0.4, 0.5) is 0 Å². The molecule has 1 N–H and O–H groups in total. The SMILES string of the molecule is C1=CSNC(CCc2ccccc2)=C1. The van der Waals surface area contributed by atoms with Crippen LogP contribution < -0.4 is 4.72 Å². The lowest BCUT2D eigenvalue weighted by atomic mass is 10.1.